The highest BCUT2D eigenvalue weighted by Gasteiger charge is 2.14. The predicted molar refractivity (Wildman–Crippen MR) is 107 cm³/mol. The highest BCUT2D eigenvalue weighted by atomic mass is 32.2. The van der Waals surface area contributed by atoms with E-state index in [1.54, 1.807) is 24.5 Å². The first-order chi connectivity index (χ1) is 13.3. The minimum Gasteiger partial charge on any atom is -0.369 e. The summed E-state index contributed by atoms with van der Waals surface area (Å²) in [6.45, 7) is 0.407. The van der Waals surface area contributed by atoms with E-state index >= 15 is 0 Å². The first-order valence-corrected chi connectivity index (χ1v) is 10.1. The zero-order valence-corrected chi connectivity index (χ0v) is 15.9. The number of primary amides is 1. The molecule has 0 aliphatic carbocycles. The van der Waals surface area contributed by atoms with Crippen molar-refractivity contribution < 1.29 is 13.2 Å². The molecular weight excluding hydrogens is 378 g/mol. The molecule has 0 saturated heterocycles. The molecule has 0 radical (unpaired) electrons. The maximum atomic E-state index is 11.6. The molecule has 0 bridgehead atoms. The van der Waals surface area contributed by atoms with Crippen molar-refractivity contribution in [1.29, 1.82) is 0 Å². The molecule has 2 aromatic carbocycles. The van der Waals surface area contributed by atoms with Crippen molar-refractivity contribution in [2.45, 2.75) is 19.4 Å². The standard InChI is InChI=1S/C19H21N5O3S/c20-19(25)11-18-17(10-14-5-2-1-3-6-14)22-13-24(18)12-15-7-4-8-16(9-15)23-28(21,26)27/h1-9,13,23H,10-12H2,(H2,20,25)(H2,21,26,27). The van der Waals surface area contributed by atoms with Gasteiger partial charge in [0.05, 0.1) is 29.8 Å². The fourth-order valence-corrected chi connectivity index (χ4v) is 3.44. The summed E-state index contributed by atoms with van der Waals surface area (Å²) in [6, 6.07) is 16.7. The molecule has 0 unspecified atom stereocenters. The minimum absolute atomic E-state index is 0.0668. The molecule has 1 heterocycles. The Hall–Kier alpha value is -3.17. The van der Waals surface area contributed by atoms with Gasteiger partial charge in [0, 0.05) is 13.0 Å². The van der Waals surface area contributed by atoms with E-state index in [0.29, 0.717) is 18.7 Å². The number of benzene rings is 2. The first-order valence-electron chi connectivity index (χ1n) is 8.55. The van der Waals surface area contributed by atoms with Crippen LogP contribution < -0.4 is 15.6 Å². The molecule has 5 N–H and O–H groups in total. The van der Waals surface area contributed by atoms with Crippen molar-refractivity contribution in [3.05, 3.63) is 83.4 Å². The largest absolute Gasteiger partial charge is 0.369 e. The second-order valence-corrected chi connectivity index (χ2v) is 7.71. The molecule has 9 heteroatoms. The van der Waals surface area contributed by atoms with Crippen LogP contribution in [-0.4, -0.2) is 23.9 Å². The van der Waals surface area contributed by atoms with Gasteiger partial charge in [-0.05, 0) is 23.3 Å². The van der Waals surface area contributed by atoms with E-state index in [9.17, 15) is 13.2 Å². The SMILES string of the molecule is NC(=O)Cc1c(Cc2ccccc2)ncn1Cc1cccc(NS(N)(=O)=O)c1. The quantitative estimate of drug-likeness (QED) is 0.524. The maximum Gasteiger partial charge on any atom is 0.296 e. The van der Waals surface area contributed by atoms with Crippen LogP contribution in [0.3, 0.4) is 0 Å². The highest BCUT2D eigenvalue weighted by molar-refractivity contribution is 7.90. The molecule has 8 nitrogen and oxygen atoms in total. The Morgan fingerprint density at radius 1 is 1.07 bits per heavy atom. The molecule has 0 aliphatic rings. The summed E-state index contributed by atoms with van der Waals surface area (Å²) in [5, 5.41) is 5.02. The van der Waals surface area contributed by atoms with Crippen molar-refractivity contribution in [2.75, 3.05) is 4.72 Å². The van der Waals surface area contributed by atoms with Crippen LogP contribution >= 0.6 is 0 Å². The van der Waals surface area contributed by atoms with Gasteiger partial charge in [-0.25, -0.2) is 10.1 Å². The lowest BCUT2D eigenvalue weighted by Crippen LogP contribution is -2.21. The number of hydrogen-bond donors (Lipinski definition) is 3. The fourth-order valence-electron chi connectivity index (χ4n) is 2.99. The van der Waals surface area contributed by atoms with Crippen molar-refractivity contribution in [1.82, 2.24) is 9.55 Å². The third-order valence-electron chi connectivity index (χ3n) is 4.13. The lowest BCUT2D eigenvalue weighted by molar-refractivity contribution is -0.117. The molecule has 3 aromatic rings. The Balaban J connectivity index is 1.87. The van der Waals surface area contributed by atoms with Crippen LogP contribution in [0.4, 0.5) is 5.69 Å². The lowest BCUT2D eigenvalue weighted by atomic mass is 10.1. The molecule has 0 atom stereocenters. The van der Waals surface area contributed by atoms with Crippen LogP contribution in [0.1, 0.15) is 22.5 Å². The summed E-state index contributed by atoms with van der Waals surface area (Å²) >= 11 is 0. The third kappa shape index (κ3) is 5.41. The average Bonchev–Trinajstić information content (AvgIpc) is 2.96. The number of nitrogens with zero attached hydrogens (tertiary/aromatic N) is 2. The highest BCUT2D eigenvalue weighted by Crippen LogP contribution is 2.18. The molecule has 0 spiro atoms. The van der Waals surface area contributed by atoms with Gasteiger partial charge in [0.15, 0.2) is 0 Å². The van der Waals surface area contributed by atoms with Gasteiger partial charge in [0.25, 0.3) is 10.2 Å². The van der Waals surface area contributed by atoms with E-state index in [2.05, 4.69) is 9.71 Å². The molecule has 146 valence electrons. The van der Waals surface area contributed by atoms with E-state index in [1.165, 1.54) is 0 Å². The summed E-state index contributed by atoms with van der Waals surface area (Å²) in [5.74, 6) is -0.444. The zero-order chi connectivity index (χ0) is 20.1. The second kappa shape index (κ2) is 8.24. The molecule has 28 heavy (non-hydrogen) atoms. The Morgan fingerprint density at radius 3 is 2.46 bits per heavy atom. The van der Waals surface area contributed by atoms with Gasteiger partial charge in [-0.1, -0.05) is 42.5 Å². The average molecular weight is 399 g/mol. The normalized spacial score (nSPS) is 11.3. The van der Waals surface area contributed by atoms with Crippen LogP contribution in [0.5, 0.6) is 0 Å². The number of anilines is 1. The fraction of sp³-hybridized carbons (Fsp3) is 0.158. The number of nitrogens with one attached hydrogen (secondary N) is 1. The van der Waals surface area contributed by atoms with E-state index in [-0.39, 0.29) is 6.42 Å². The molecule has 1 aromatic heterocycles. The molecule has 0 aliphatic heterocycles. The van der Waals surface area contributed by atoms with Crippen molar-refractivity contribution in [3.8, 4) is 0 Å². The number of rotatable bonds is 8. The molecule has 1 amide bonds. The number of amides is 1. The Labute approximate surface area is 163 Å². The van der Waals surface area contributed by atoms with E-state index in [4.69, 9.17) is 10.9 Å². The van der Waals surface area contributed by atoms with Gasteiger partial charge in [-0.15, -0.1) is 0 Å². The summed E-state index contributed by atoms with van der Waals surface area (Å²) in [6.07, 6.45) is 2.32. The number of carbonyl (C=O) groups is 1. The smallest absolute Gasteiger partial charge is 0.296 e. The first kappa shape index (κ1) is 19.6. The van der Waals surface area contributed by atoms with Gasteiger partial charge < -0.3 is 10.3 Å². The number of imidazole rings is 1. The van der Waals surface area contributed by atoms with E-state index in [1.807, 2.05) is 41.0 Å². The number of nitrogens with two attached hydrogens (primary N) is 2. The summed E-state index contributed by atoms with van der Waals surface area (Å²) < 4.78 is 26.5. The number of hydrogen-bond acceptors (Lipinski definition) is 4. The van der Waals surface area contributed by atoms with Gasteiger partial charge in [0.2, 0.25) is 5.91 Å². The molecule has 3 rings (SSSR count). The second-order valence-electron chi connectivity index (χ2n) is 6.42. The Morgan fingerprint density at radius 2 is 1.79 bits per heavy atom. The maximum absolute atomic E-state index is 11.6. The topological polar surface area (TPSA) is 133 Å². The molecule has 0 saturated carbocycles. The predicted octanol–water partition coefficient (Wildman–Crippen LogP) is 1.17. The van der Waals surface area contributed by atoms with E-state index < -0.39 is 16.1 Å². The van der Waals surface area contributed by atoms with Crippen molar-refractivity contribution in [3.63, 3.8) is 0 Å². The zero-order valence-electron chi connectivity index (χ0n) is 15.1. The Bertz CT molecular complexity index is 1080. The van der Waals surface area contributed by atoms with Crippen LogP contribution in [0, 0.1) is 0 Å². The summed E-state index contributed by atoms with van der Waals surface area (Å²) in [5.41, 5.74) is 9.22. The van der Waals surface area contributed by atoms with E-state index in [0.717, 1.165) is 22.5 Å². The van der Waals surface area contributed by atoms with Gasteiger partial charge in [-0.3, -0.25) is 9.52 Å². The summed E-state index contributed by atoms with van der Waals surface area (Å²) in [7, 11) is -3.85. The number of carbonyl (C=O) groups excluding carboxylic acids is 1. The van der Waals surface area contributed by atoms with Gasteiger partial charge >= 0.3 is 0 Å². The summed E-state index contributed by atoms with van der Waals surface area (Å²) in [4.78, 5) is 16.0. The molecular formula is C19H21N5O3S. The van der Waals surface area contributed by atoms with Crippen LogP contribution in [0.2, 0.25) is 0 Å². The van der Waals surface area contributed by atoms with Gasteiger partial charge in [0.1, 0.15) is 0 Å². The lowest BCUT2D eigenvalue weighted by Gasteiger charge is -2.11. The third-order valence-corrected chi connectivity index (χ3v) is 4.65. The van der Waals surface area contributed by atoms with Crippen LogP contribution in [0.15, 0.2) is 60.9 Å². The van der Waals surface area contributed by atoms with Crippen LogP contribution in [-0.2, 0) is 34.4 Å². The number of aromatic nitrogens is 2. The minimum atomic E-state index is -3.85. The van der Waals surface area contributed by atoms with Gasteiger partial charge in [-0.2, -0.15) is 8.42 Å². The molecule has 0 fully saturated rings. The Kier molecular flexibility index (Phi) is 5.76. The van der Waals surface area contributed by atoms with Crippen molar-refractivity contribution in [2.24, 2.45) is 10.9 Å². The van der Waals surface area contributed by atoms with Crippen molar-refractivity contribution >= 4 is 21.8 Å². The monoisotopic (exact) mass is 399 g/mol. The van der Waals surface area contributed by atoms with Crippen LogP contribution in [0.25, 0.3) is 0 Å².